The van der Waals surface area contributed by atoms with Crippen LogP contribution in [0.15, 0.2) is 18.2 Å². The summed E-state index contributed by atoms with van der Waals surface area (Å²) in [5, 5.41) is 9.88. The maximum absolute atomic E-state index is 9.88. The molecule has 2 saturated carbocycles. The van der Waals surface area contributed by atoms with Gasteiger partial charge in [-0.25, -0.2) is 0 Å². The first kappa shape index (κ1) is 19.8. The number of hydrogen-bond acceptors (Lipinski definition) is 1. The van der Waals surface area contributed by atoms with Gasteiger partial charge in [0.05, 0.1) is 0 Å². The molecule has 0 spiro atoms. The number of aromatic hydroxyl groups is 1. The molecule has 0 amide bonds. The summed E-state index contributed by atoms with van der Waals surface area (Å²) < 4.78 is 0. The summed E-state index contributed by atoms with van der Waals surface area (Å²) >= 11 is 0. The second kappa shape index (κ2) is 8.81. The van der Waals surface area contributed by atoms with E-state index in [0.717, 1.165) is 11.8 Å². The summed E-state index contributed by atoms with van der Waals surface area (Å²) in [6.45, 7) is 4.88. The van der Waals surface area contributed by atoms with Crippen LogP contribution in [0.3, 0.4) is 0 Å². The van der Waals surface area contributed by atoms with E-state index in [1.54, 1.807) is 0 Å². The van der Waals surface area contributed by atoms with Crippen LogP contribution < -0.4 is 0 Å². The van der Waals surface area contributed by atoms with Gasteiger partial charge in [-0.15, -0.1) is 0 Å². The Morgan fingerprint density at radius 1 is 0.692 bits per heavy atom. The Kier molecular flexibility index (Phi) is 6.70. The van der Waals surface area contributed by atoms with Crippen molar-refractivity contribution >= 4 is 0 Å². The largest absolute Gasteiger partial charge is 0.508 e. The molecular formula is C25H40O. The molecule has 0 atom stereocenters. The lowest BCUT2D eigenvalue weighted by molar-refractivity contribution is 0.468. The van der Waals surface area contributed by atoms with Gasteiger partial charge in [0.25, 0.3) is 0 Å². The van der Waals surface area contributed by atoms with Crippen LogP contribution in [-0.2, 0) is 12.8 Å². The van der Waals surface area contributed by atoms with Crippen molar-refractivity contribution in [1.82, 2.24) is 0 Å². The molecule has 1 aromatic rings. The molecule has 0 unspecified atom stereocenters. The Morgan fingerprint density at radius 2 is 1.19 bits per heavy atom. The predicted molar refractivity (Wildman–Crippen MR) is 112 cm³/mol. The summed E-state index contributed by atoms with van der Waals surface area (Å²) in [4.78, 5) is 0. The fourth-order valence-corrected chi connectivity index (χ4v) is 4.28. The second-order valence-electron chi connectivity index (χ2n) is 10.0. The van der Waals surface area contributed by atoms with Crippen molar-refractivity contribution in [1.29, 1.82) is 0 Å². The van der Waals surface area contributed by atoms with Gasteiger partial charge in [0.2, 0.25) is 0 Å². The Labute approximate surface area is 161 Å². The van der Waals surface area contributed by atoms with Gasteiger partial charge in [-0.1, -0.05) is 52.0 Å². The van der Waals surface area contributed by atoms with Crippen LogP contribution in [0.5, 0.6) is 5.75 Å². The lowest BCUT2D eigenvalue weighted by atomic mass is 9.94. The Bertz CT molecular complexity index is 566. The molecule has 1 heteroatoms. The van der Waals surface area contributed by atoms with E-state index in [1.165, 1.54) is 101 Å². The summed E-state index contributed by atoms with van der Waals surface area (Å²) in [6.07, 6.45) is 20.4. The third-order valence-electron chi connectivity index (χ3n) is 7.10. The van der Waals surface area contributed by atoms with Crippen LogP contribution in [0.2, 0.25) is 0 Å². The lowest BCUT2D eigenvalue weighted by Gasteiger charge is -2.12. The van der Waals surface area contributed by atoms with Crippen molar-refractivity contribution < 1.29 is 5.11 Å². The normalized spacial score (nSPS) is 19.5. The third kappa shape index (κ3) is 6.63. The molecule has 3 rings (SSSR count). The van der Waals surface area contributed by atoms with E-state index in [2.05, 4.69) is 19.9 Å². The van der Waals surface area contributed by atoms with E-state index in [1.807, 2.05) is 12.1 Å². The Morgan fingerprint density at radius 3 is 1.77 bits per heavy atom. The van der Waals surface area contributed by atoms with E-state index in [-0.39, 0.29) is 0 Å². The molecular weight excluding hydrogens is 316 g/mol. The van der Waals surface area contributed by atoms with Crippen molar-refractivity contribution in [3.05, 3.63) is 29.3 Å². The molecule has 1 nitrogen and oxygen atoms in total. The summed E-state index contributed by atoms with van der Waals surface area (Å²) in [5.41, 5.74) is 4.30. The molecule has 2 aliphatic carbocycles. The van der Waals surface area contributed by atoms with Crippen molar-refractivity contribution in [2.75, 3.05) is 0 Å². The van der Waals surface area contributed by atoms with Crippen molar-refractivity contribution in [3.63, 3.8) is 0 Å². The number of rotatable bonds is 13. The van der Waals surface area contributed by atoms with Crippen molar-refractivity contribution in [2.45, 2.75) is 110 Å². The maximum atomic E-state index is 9.88. The van der Waals surface area contributed by atoms with Gasteiger partial charge in [-0.2, -0.15) is 0 Å². The highest BCUT2D eigenvalue weighted by Crippen LogP contribution is 2.49. The van der Waals surface area contributed by atoms with Crippen LogP contribution in [-0.4, -0.2) is 5.11 Å². The molecule has 0 aliphatic heterocycles. The summed E-state index contributed by atoms with van der Waals surface area (Å²) in [6, 6.07) is 6.06. The number of benzene rings is 1. The van der Waals surface area contributed by atoms with Gasteiger partial charge >= 0.3 is 0 Å². The van der Waals surface area contributed by atoms with Gasteiger partial charge in [-0.05, 0) is 98.3 Å². The molecule has 0 aromatic heterocycles. The SMILES string of the molecule is CC1(CCCCCCc2cc(O)ccc2CCCCCC2(C)CC2)CC1. The van der Waals surface area contributed by atoms with Gasteiger partial charge in [0.1, 0.15) is 5.75 Å². The van der Waals surface area contributed by atoms with Crippen LogP contribution in [0.25, 0.3) is 0 Å². The van der Waals surface area contributed by atoms with E-state index in [0.29, 0.717) is 11.2 Å². The number of aryl methyl sites for hydroxylation is 2. The highest BCUT2D eigenvalue weighted by molar-refractivity contribution is 5.35. The number of phenolic OH excluding ortho intramolecular Hbond substituents is 1. The van der Waals surface area contributed by atoms with Gasteiger partial charge in [0, 0.05) is 0 Å². The minimum Gasteiger partial charge on any atom is -0.508 e. The smallest absolute Gasteiger partial charge is 0.115 e. The van der Waals surface area contributed by atoms with E-state index in [4.69, 9.17) is 0 Å². The van der Waals surface area contributed by atoms with E-state index in [9.17, 15) is 5.11 Å². The average molecular weight is 357 g/mol. The fourth-order valence-electron chi connectivity index (χ4n) is 4.28. The highest BCUT2D eigenvalue weighted by atomic mass is 16.3. The molecule has 26 heavy (non-hydrogen) atoms. The van der Waals surface area contributed by atoms with Crippen LogP contribution in [0.4, 0.5) is 0 Å². The minimum atomic E-state index is 0.437. The third-order valence-corrected chi connectivity index (χ3v) is 7.10. The number of hydrogen-bond donors (Lipinski definition) is 1. The first-order valence-corrected chi connectivity index (χ1v) is 11.3. The first-order valence-electron chi connectivity index (χ1n) is 11.3. The average Bonchev–Trinajstić information content (AvgIpc) is 3.52. The van der Waals surface area contributed by atoms with Gasteiger partial charge < -0.3 is 5.11 Å². The molecule has 2 fully saturated rings. The molecule has 0 saturated heterocycles. The number of unbranched alkanes of at least 4 members (excludes halogenated alkanes) is 5. The zero-order valence-electron chi connectivity index (χ0n) is 17.3. The lowest BCUT2D eigenvalue weighted by Crippen LogP contribution is -1.97. The molecule has 2 aliphatic rings. The molecule has 0 heterocycles. The predicted octanol–water partition coefficient (Wildman–Crippen LogP) is 7.59. The Hall–Kier alpha value is -0.980. The molecule has 0 bridgehead atoms. The Balaban J connectivity index is 1.33. The maximum Gasteiger partial charge on any atom is 0.115 e. The van der Waals surface area contributed by atoms with Crippen LogP contribution in [0, 0.1) is 10.8 Å². The van der Waals surface area contributed by atoms with Crippen LogP contribution >= 0.6 is 0 Å². The summed E-state index contributed by atoms with van der Waals surface area (Å²) in [5.74, 6) is 0.437. The topological polar surface area (TPSA) is 20.2 Å². The minimum absolute atomic E-state index is 0.437. The van der Waals surface area contributed by atoms with Crippen molar-refractivity contribution in [3.8, 4) is 5.75 Å². The molecule has 1 N–H and O–H groups in total. The molecule has 0 radical (unpaired) electrons. The van der Waals surface area contributed by atoms with Gasteiger partial charge in [0.15, 0.2) is 0 Å². The van der Waals surface area contributed by atoms with Gasteiger partial charge in [-0.3, -0.25) is 0 Å². The quantitative estimate of drug-likeness (QED) is 0.361. The molecule has 146 valence electrons. The van der Waals surface area contributed by atoms with Crippen LogP contribution in [0.1, 0.15) is 108 Å². The summed E-state index contributed by atoms with van der Waals surface area (Å²) in [7, 11) is 0. The zero-order valence-corrected chi connectivity index (χ0v) is 17.3. The number of phenols is 1. The fraction of sp³-hybridized carbons (Fsp3) is 0.760. The van der Waals surface area contributed by atoms with E-state index >= 15 is 0 Å². The molecule has 1 aromatic carbocycles. The second-order valence-corrected chi connectivity index (χ2v) is 10.0. The van der Waals surface area contributed by atoms with Crippen molar-refractivity contribution in [2.24, 2.45) is 10.8 Å². The standard InChI is InChI=1S/C25H40O/c1-24(16-17-24)14-8-4-3-6-11-22-20-23(26)13-12-21(22)10-7-5-9-15-25(2)18-19-25/h12-13,20,26H,3-11,14-19H2,1-2H3. The zero-order chi connectivity index (χ0) is 18.5. The monoisotopic (exact) mass is 356 g/mol. The highest BCUT2D eigenvalue weighted by Gasteiger charge is 2.36. The van der Waals surface area contributed by atoms with E-state index < -0.39 is 0 Å². The first-order chi connectivity index (χ1) is 12.5.